The van der Waals surface area contributed by atoms with Gasteiger partial charge in [-0.25, -0.2) is 0 Å². The van der Waals surface area contributed by atoms with Crippen LogP contribution in [0.15, 0.2) is 54.7 Å². The molecule has 0 aliphatic heterocycles. The molecule has 0 aliphatic rings. The highest BCUT2D eigenvalue weighted by atomic mass is 35.5. The Kier molecular flexibility index (Phi) is 4.70. The minimum atomic E-state index is 0. The Morgan fingerprint density at radius 3 is 2.45 bits per heavy atom. The lowest BCUT2D eigenvalue weighted by Crippen LogP contribution is -1.99. The Morgan fingerprint density at radius 1 is 0.950 bits per heavy atom. The molecule has 0 atom stereocenters. The van der Waals surface area contributed by atoms with Crippen molar-refractivity contribution in [3.8, 4) is 0 Å². The SMILES string of the molecule is CCc1ccc(NCc2ccc3[nH]ccc3c2)cc1.Cl. The Bertz CT molecular complexity index is 671. The molecule has 0 spiro atoms. The van der Waals surface area contributed by atoms with Crippen LogP contribution >= 0.6 is 12.4 Å². The highest BCUT2D eigenvalue weighted by molar-refractivity contribution is 5.85. The molecule has 0 fully saturated rings. The van der Waals surface area contributed by atoms with Gasteiger partial charge < -0.3 is 10.3 Å². The molecule has 0 saturated heterocycles. The Balaban J connectivity index is 0.00000147. The molecule has 0 unspecified atom stereocenters. The van der Waals surface area contributed by atoms with E-state index in [0.29, 0.717) is 0 Å². The zero-order chi connectivity index (χ0) is 13.1. The molecule has 3 rings (SSSR count). The number of anilines is 1. The van der Waals surface area contributed by atoms with Crippen LogP contribution in [0.3, 0.4) is 0 Å². The zero-order valence-electron chi connectivity index (χ0n) is 11.5. The summed E-state index contributed by atoms with van der Waals surface area (Å²) in [5.41, 5.74) is 5.04. The molecule has 0 amide bonds. The Morgan fingerprint density at radius 2 is 1.70 bits per heavy atom. The fourth-order valence-corrected chi connectivity index (χ4v) is 2.28. The molecule has 0 saturated carbocycles. The van der Waals surface area contributed by atoms with Gasteiger partial charge in [0, 0.05) is 23.9 Å². The number of aromatic nitrogens is 1. The van der Waals surface area contributed by atoms with E-state index in [1.54, 1.807) is 0 Å². The summed E-state index contributed by atoms with van der Waals surface area (Å²) < 4.78 is 0. The normalized spacial score (nSPS) is 10.2. The summed E-state index contributed by atoms with van der Waals surface area (Å²) in [6.07, 6.45) is 3.07. The van der Waals surface area contributed by atoms with Crippen molar-refractivity contribution in [1.29, 1.82) is 0 Å². The number of H-pyrrole nitrogens is 1. The van der Waals surface area contributed by atoms with Crippen molar-refractivity contribution in [2.75, 3.05) is 5.32 Å². The lowest BCUT2D eigenvalue weighted by Gasteiger charge is -2.07. The number of rotatable bonds is 4. The van der Waals surface area contributed by atoms with E-state index in [1.165, 1.54) is 27.7 Å². The number of hydrogen-bond donors (Lipinski definition) is 2. The molecule has 104 valence electrons. The summed E-state index contributed by atoms with van der Waals surface area (Å²) in [7, 11) is 0. The summed E-state index contributed by atoms with van der Waals surface area (Å²) in [6.45, 7) is 3.03. The topological polar surface area (TPSA) is 27.8 Å². The number of aryl methyl sites for hydroxylation is 1. The number of fused-ring (bicyclic) bond motifs is 1. The molecule has 2 aromatic carbocycles. The molecule has 2 N–H and O–H groups in total. The third kappa shape index (κ3) is 3.14. The minimum absolute atomic E-state index is 0. The number of benzene rings is 2. The lowest BCUT2D eigenvalue weighted by atomic mass is 10.1. The van der Waals surface area contributed by atoms with Gasteiger partial charge >= 0.3 is 0 Å². The van der Waals surface area contributed by atoms with Crippen LogP contribution < -0.4 is 5.32 Å². The summed E-state index contributed by atoms with van der Waals surface area (Å²) >= 11 is 0. The van der Waals surface area contributed by atoms with Gasteiger partial charge in [0.1, 0.15) is 0 Å². The van der Waals surface area contributed by atoms with Gasteiger partial charge in [-0.15, -0.1) is 12.4 Å². The smallest absolute Gasteiger partial charge is 0.0454 e. The maximum Gasteiger partial charge on any atom is 0.0454 e. The molecular formula is C17H19ClN2. The molecule has 2 nitrogen and oxygen atoms in total. The zero-order valence-corrected chi connectivity index (χ0v) is 12.3. The fraction of sp³-hybridized carbons (Fsp3) is 0.176. The number of halogens is 1. The number of hydrogen-bond acceptors (Lipinski definition) is 1. The van der Waals surface area contributed by atoms with Crippen LogP contribution in [0.2, 0.25) is 0 Å². The van der Waals surface area contributed by atoms with E-state index in [-0.39, 0.29) is 12.4 Å². The van der Waals surface area contributed by atoms with Crippen molar-refractivity contribution in [3.63, 3.8) is 0 Å². The standard InChI is InChI=1S/C17H18N2.ClH/c1-2-13-3-6-16(7-4-13)19-12-14-5-8-17-15(11-14)9-10-18-17;/h3-11,18-19H,2,12H2,1H3;1H. The van der Waals surface area contributed by atoms with Gasteiger partial charge in [0.25, 0.3) is 0 Å². The summed E-state index contributed by atoms with van der Waals surface area (Å²) in [5, 5.41) is 4.72. The summed E-state index contributed by atoms with van der Waals surface area (Å²) in [5.74, 6) is 0. The molecule has 0 bridgehead atoms. The van der Waals surface area contributed by atoms with E-state index < -0.39 is 0 Å². The molecule has 1 heterocycles. The lowest BCUT2D eigenvalue weighted by molar-refractivity contribution is 1.13. The van der Waals surface area contributed by atoms with Crippen molar-refractivity contribution in [3.05, 3.63) is 65.9 Å². The third-order valence-electron chi connectivity index (χ3n) is 3.48. The highest BCUT2D eigenvalue weighted by Crippen LogP contribution is 2.16. The predicted molar refractivity (Wildman–Crippen MR) is 88.7 cm³/mol. The average Bonchev–Trinajstić information content (AvgIpc) is 2.93. The Hall–Kier alpha value is -1.93. The second-order valence-corrected chi connectivity index (χ2v) is 4.80. The van der Waals surface area contributed by atoms with Crippen LogP contribution in [-0.4, -0.2) is 4.98 Å². The van der Waals surface area contributed by atoms with E-state index in [0.717, 1.165) is 13.0 Å². The van der Waals surface area contributed by atoms with Gasteiger partial charge in [-0.2, -0.15) is 0 Å². The van der Waals surface area contributed by atoms with Crippen molar-refractivity contribution in [2.45, 2.75) is 19.9 Å². The maximum atomic E-state index is 3.46. The van der Waals surface area contributed by atoms with E-state index >= 15 is 0 Å². The van der Waals surface area contributed by atoms with Gasteiger partial charge in [0.05, 0.1) is 0 Å². The van der Waals surface area contributed by atoms with Crippen LogP contribution in [0.4, 0.5) is 5.69 Å². The molecule has 3 aromatic rings. The number of aromatic amines is 1. The summed E-state index contributed by atoms with van der Waals surface area (Å²) in [6, 6.07) is 17.3. The quantitative estimate of drug-likeness (QED) is 0.711. The largest absolute Gasteiger partial charge is 0.381 e. The predicted octanol–water partition coefficient (Wildman–Crippen LogP) is 4.76. The van der Waals surface area contributed by atoms with Gasteiger partial charge in [0.15, 0.2) is 0 Å². The molecule has 0 radical (unpaired) electrons. The molecular weight excluding hydrogens is 268 g/mol. The minimum Gasteiger partial charge on any atom is -0.381 e. The highest BCUT2D eigenvalue weighted by Gasteiger charge is 1.98. The van der Waals surface area contributed by atoms with Crippen LogP contribution in [0.5, 0.6) is 0 Å². The summed E-state index contributed by atoms with van der Waals surface area (Å²) in [4.78, 5) is 3.21. The van der Waals surface area contributed by atoms with Gasteiger partial charge in [-0.1, -0.05) is 25.1 Å². The maximum absolute atomic E-state index is 3.46. The molecule has 20 heavy (non-hydrogen) atoms. The second-order valence-electron chi connectivity index (χ2n) is 4.80. The van der Waals surface area contributed by atoms with Crippen molar-refractivity contribution < 1.29 is 0 Å². The Labute approximate surface area is 125 Å². The van der Waals surface area contributed by atoms with Crippen LogP contribution in [0.25, 0.3) is 10.9 Å². The average molecular weight is 287 g/mol. The van der Waals surface area contributed by atoms with Crippen molar-refractivity contribution in [1.82, 2.24) is 4.98 Å². The van der Waals surface area contributed by atoms with Crippen LogP contribution in [0, 0.1) is 0 Å². The fourth-order valence-electron chi connectivity index (χ4n) is 2.28. The molecule has 3 heteroatoms. The first-order valence-electron chi connectivity index (χ1n) is 6.74. The van der Waals surface area contributed by atoms with E-state index in [1.807, 2.05) is 6.20 Å². The van der Waals surface area contributed by atoms with Gasteiger partial charge in [-0.3, -0.25) is 0 Å². The van der Waals surface area contributed by atoms with Crippen molar-refractivity contribution in [2.24, 2.45) is 0 Å². The van der Waals surface area contributed by atoms with E-state index in [9.17, 15) is 0 Å². The van der Waals surface area contributed by atoms with E-state index in [4.69, 9.17) is 0 Å². The van der Waals surface area contributed by atoms with Gasteiger partial charge in [0.2, 0.25) is 0 Å². The third-order valence-corrected chi connectivity index (χ3v) is 3.48. The van der Waals surface area contributed by atoms with Crippen molar-refractivity contribution >= 4 is 29.0 Å². The van der Waals surface area contributed by atoms with Crippen LogP contribution in [-0.2, 0) is 13.0 Å². The first kappa shape index (κ1) is 14.5. The monoisotopic (exact) mass is 286 g/mol. The molecule has 0 aliphatic carbocycles. The second kappa shape index (κ2) is 6.49. The van der Waals surface area contributed by atoms with E-state index in [2.05, 4.69) is 65.8 Å². The first-order chi connectivity index (χ1) is 9.35. The van der Waals surface area contributed by atoms with Crippen LogP contribution in [0.1, 0.15) is 18.1 Å². The number of nitrogens with one attached hydrogen (secondary N) is 2. The van der Waals surface area contributed by atoms with Gasteiger partial charge in [-0.05, 0) is 53.3 Å². The first-order valence-corrected chi connectivity index (χ1v) is 6.74. The molecule has 1 aromatic heterocycles.